The van der Waals surface area contributed by atoms with Crippen LogP contribution >= 0.6 is 0 Å². The summed E-state index contributed by atoms with van der Waals surface area (Å²) in [5.41, 5.74) is 1.02. The molecule has 25 heavy (non-hydrogen) atoms. The lowest BCUT2D eigenvalue weighted by Crippen LogP contribution is -2.48. The highest BCUT2D eigenvalue weighted by atomic mass is 19.4. The van der Waals surface area contributed by atoms with Crippen molar-refractivity contribution >= 4 is 11.8 Å². The van der Waals surface area contributed by atoms with Gasteiger partial charge in [-0.2, -0.15) is 26.3 Å². The van der Waals surface area contributed by atoms with Gasteiger partial charge in [0.25, 0.3) is 5.91 Å². The fourth-order valence-corrected chi connectivity index (χ4v) is 2.04. The molecule has 0 saturated heterocycles. The van der Waals surface area contributed by atoms with Gasteiger partial charge in [0.1, 0.15) is 6.04 Å². The van der Waals surface area contributed by atoms with E-state index in [4.69, 9.17) is 5.73 Å². The van der Waals surface area contributed by atoms with Crippen molar-refractivity contribution in [3.8, 4) is 0 Å². The van der Waals surface area contributed by atoms with Crippen molar-refractivity contribution in [2.45, 2.75) is 38.7 Å². The minimum absolute atomic E-state index is 0.0863. The summed E-state index contributed by atoms with van der Waals surface area (Å²) in [5, 5.41) is 2.09. The van der Waals surface area contributed by atoms with Crippen molar-refractivity contribution in [1.29, 1.82) is 0 Å². The van der Waals surface area contributed by atoms with Gasteiger partial charge in [-0.15, -0.1) is 0 Å². The van der Waals surface area contributed by atoms with E-state index in [9.17, 15) is 35.9 Å². The molecule has 0 spiro atoms. The molecule has 1 aromatic rings. The summed E-state index contributed by atoms with van der Waals surface area (Å²) in [6.07, 6.45) is -9.74. The topological polar surface area (TPSA) is 72.2 Å². The van der Waals surface area contributed by atoms with E-state index in [-0.39, 0.29) is 6.07 Å². The second kappa shape index (κ2) is 7.32. The second-order valence-corrected chi connectivity index (χ2v) is 5.53. The van der Waals surface area contributed by atoms with Gasteiger partial charge in [-0.1, -0.05) is 20.3 Å². The summed E-state index contributed by atoms with van der Waals surface area (Å²) in [6.45, 7) is 3.24. The van der Waals surface area contributed by atoms with Crippen molar-refractivity contribution in [2.24, 2.45) is 11.7 Å². The molecule has 0 aromatic heterocycles. The predicted octanol–water partition coefficient (Wildman–Crippen LogP) is 3.35. The van der Waals surface area contributed by atoms with Crippen LogP contribution < -0.4 is 11.1 Å². The number of carbonyl (C=O) groups is 2. The maximum absolute atomic E-state index is 12.8. The predicted molar refractivity (Wildman–Crippen MR) is 76.3 cm³/mol. The van der Waals surface area contributed by atoms with Crippen LogP contribution in [0.4, 0.5) is 26.3 Å². The van der Waals surface area contributed by atoms with Crippen LogP contribution in [0.2, 0.25) is 0 Å². The molecular formula is C15H16F6N2O2. The van der Waals surface area contributed by atoms with Crippen LogP contribution in [0.25, 0.3) is 0 Å². The van der Waals surface area contributed by atoms with Crippen LogP contribution in [-0.4, -0.2) is 17.9 Å². The summed E-state index contributed by atoms with van der Waals surface area (Å²) in [5.74, 6) is -2.64. The van der Waals surface area contributed by atoms with Crippen molar-refractivity contribution in [3.63, 3.8) is 0 Å². The SMILES string of the molecule is CC[C@@H](C)[C@H](NC(=O)c1cc(C(F)(F)F)cc(C(F)(F)F)c1)C(N)=O. The number of alkyl halides is 6. The second-order valence-electron chi connectivity index (χ2n) is 5.53. The van der Waals surface area contributed by atoms with E-state index in [0.29, 0.717) is 18.6 Å². The third kappa shape index (κ3) is 5.36. The fourth-order valence-electron chi connectivity index (χ4n) is 2.04. The molecule has 0 unspecified atom stereocenters. The first-order valence-electron chi connectivity index (χ1n) is 7.17. The Kier molecular flexibility index (Phi) is 6.09. The largest absolute Gasteiger partial charge is 0.416 e. The van der Waals surface area contributed by atoms with E-state index in [1.807, 2.05) is 0 Å². The molecule has 1 aromatic carbocycles. The van der Waals surface area contributed by atoms with Gasteiger partial charge < -0.3 is 11.1 Å². The Bertz CT molecular complexity index is 622. The number of hydrogen-bond donors (Lipinski definition) is 2. The molecule has 0 saturated carbocycles. The number of nitrogens with one attached hydrogen (secondary N) is 1. The van der Waals surface area contributed by atoms with Crippen LogP contribution in [0, 0.1) is 5.92 Å². The van der Waals surface area contributed by atoms with Gasteiger partial charge in [-0.3, -0.25) is 9.59 Å². The molecule has 3 N–H and O–H groups in total. The highest BCUT2D eigenvalue weighted by molar-refractivity contribution is 5.97. The normalized spacial score (nSPS) is 14.7. The number of carbonyl (C=O) groups excluding carboxylic acids is 2. The number of benzene rings is 1. The minimum Gasteiger partial charge on any atom is -0.368 e. The van der Waals surface area contributed by atoms with Crippen molar-refractivity contribution in [1.82, 2.24) is 5.32 Å². The molecule has 2 amide bonds. The molecule has 140 valence electrons. The monoisotopic (exact) mass is 370 g/mol. The molecule has 4 nitrogen and oxygen atoms in total. The Labute approximate surface area is 139 Å². The van der Waals surface area contributed by atoms with Crippen molar-refractivity contribution < 1.29 is 35.9 Å². The van der Waals surface area contributed by atoms with Crippen molar-refractivity contribution in [3.05, 3.63) is 34.9 Å². The summed E-state index contributed by atoms with van der Waals surface area (Å²) in [6, 6.07) is -0.725. The van der Waals surface area contributed by atoms with Gasteiger partial charge >= 0.3 is 12.4 Å². The van der Waals surface area contributed by atoms with Gasteiger partial charge in [0.15, 0.2) is 0 Å². The lowest BCUT2D eigenvalue weighted by molar-refractivity contribution is -0.143. The lowest BCUT2D eigenvalue weighted by atomic mass is 9.97. The van der Waals surface area contributed by atoms with Gasteiger partial charge in [0.05, 0.1) is 11.1 Å². The van der Waals surface area contributed by atoms with Gasteiger partial charge in [0, 0.05) is 5.56 Å². The zero-order valence-electron chi connectivity index (χ0n) is 13.3. The van der Waals surface area contributed by atoms with Crippen LogP contribution in [0.3, 0.4) is 0 Å². The van der Waals surface area contributed by atoms with E-state index in [1.54, 1.807) is 13.8 Å². The Balaban J connectivity index is 3.31. The van der Waals surface area contributed by atoms with Crippen LogP contribution in [0.5, 0.6) is 0 Å². The molecule has 1 rings (SSSR count). The number of hydrogen-bond acceptors (Lipinski definition) is 2. The standard InChI is InChI=1S/C15H16F6N2O2/c1-3-7(2)11(12(22)24)23-13(25)8-4-9(14(16,17)18)6-10(5-8)15(19,20)21/h4-7,11H,3H2,1-2H3,(H2,22,24)(H,23,25)/t7-,11+/m1/s1. The van der Waals surface area contributed by atoms with Crippen LogP contribution in [-0.2, 0) is 17.1 Å². The molecule has 0 heterocycles. The maximum atomic E-state index is 12.8. The Morgan fingerprint density at radius 2 is 1.48 bits per heavy atom. The van der Waals surface area contributed by atoms with Gasteiger partial charge in [0.2, 0.25) is 5.91 Å². The first-order valence-corrected chi connectivity index (χ1v) is 7.17. The zero-order chi connectivity index (χ0) is 19.6. The van der Waals surface area contributed by atoms with E-state index < -0.39 is 52.8 Å². The molecule has 0 aliphatic carbocycles. The van der Waals surface area contributed by atoms with Crippen LogP contribution in [0.1, 0.15) is 41.8 Å². The number of nitrogens with two attached hydrogens (primary N) is 1. The lowest BCUT2D eigenvalue weighted by Gasteiger charge is -2.21. The summed E-state index contributed by atoms with van der Waals surface area (Å²) in [7, 11) is 0. The Hall–Kier alpha value is -2.26. The summed E-state index contributed by atoms with van der Waals surface area (Å²) >= 11 is 0. The van der Waals surface area contributed by atoms with E-state index >= 15 is 0 Å². The van der Waals surface area contributed by atoms with Gasteiger partial charge in [-0.05, 0) is 24.1 Å². The third-order valence-corrected chi connectivity index (χ3v) is 3.66. The Morgan fingerprint density at radius 1 is 1.04 bits per heavy atom. The highest BCUT2D eigenvalue weighted by Gasteiger charge is 2.37. The molecule has 0 fully saturated rings. The average Bonchev–Trinajstić information content (AvgIpc) is 2.49. The molecule has 0 bridgehead atoms. The summed E-state index contributed by atoms with van der Waals surface area (Å²) in [4.78, 5) is 23.5. The molecule has 2 atom stereocenters. The average molecular weight is 370 g/mol. The number of primary amides is 1. The molecule has 0 aliphatic heterocycles. The summed E-state index contributed by atoms with van der Waals surface area (Å²) < 4.78 is 76.8. The number of rotatable bonds is 5. The third-order valence-electron chi connectivity index (χ3n) is 3.66. The van der Waals surface area contributed by atoms with Crippen LogP contribution in [0.15, 0.2) is 18.2 Å². The highest BCUT2D eigenvalue weighted by Crippen LogP contribution is 2.36. The minimum atomic E-state index is -5.07. The van der Waals surface area contributed by atoms with Gasteiger partial charge in [-0.25, -0.2) is 0 Å². The Morgan fingerprint density at radius 3 is 1.80 bits per heavy atom. The van der Waals surface area contributed by atoms with E-state index in [2.05, 4.69) is 5.32 Å². The smallest absolute Gasteiger partial charge is 0.368 e. The molecule has 0 radical (unpaired) electrons. The van der Waals surface area contributed by atoms with E-state index in [1.165, 1.54) is 0 Å². The first-order chi connectivity index (χ1) is 11.3. The van der Waals surface area contributed by atoms with E-state index in [0.717, 1.165) is 0 Å². The molecule has 0 aliphatic rings. The molecular weight excluding hydrogens is 354 g/mol. The number of amides is 2. The quantitative estimate of drug-likeness (QED) is 0.781. The number of halogens is 6. The first kappa shape index (κ1) is 20.8. The fraction of sp³-hybridized carbons (Fsp3) is 0.467. The van der Waals surface area contributed by atoms with Crippen molar-refractivity contribution in [2.75, 3.05) is 0 Å². The molecule has 10 heteroatoms. The zero-order valence-corrected chi connectivity index (χ0v) is 13.3. The maximum Gasteiger partial charge on any atom is 0.416 e.